The lowest BCUT2D eigenvalue weighted by Gasteiger charge is -2.15. The van der Waals surface area contributed by atoms with Crippen molar-refractivity contribution >= 4 is 109 Å². The molecule has 0 saturated heterocycles. The van der Waals surface area contributed by atoms with Crippen LogP contribution in [0.25, 0.3) is 232 Å². The molecule has 0 radical (unpaired) electrons. The van der Waals surface area contributed by atoms with Gasteiger partial charge in [0, 0.05) is 65.8 Å². The Bertz CT molecular complexity index is 8600. The summed E-state index contributed by atoms with van der Waals surface area (Å²) in [6.45, 7) is 0. The van der Waals surface area contributed by atoms with Crippen LogP contribution < -0.4 is 0 Å². The van der Waals surface area contributed by atoms with Crippen LogP contribution in [0.3, 0.4) is 0 Å². The van der Waals surface area contributed by atoms with Gasteiger partial charge in [-0.25, -0.2) is 0 Å². The average Bonchev–Trinajstić information content (AvgIpc) is 1.58. The second kappa shape index (κ2) is 34.3. The molecule has 6 aromatic heterocycles. The highest BCUT2D eigenvalue weighted by Gasteiger charge is 2.25. The molecule has 0 aliphatic rings. The van der Waals surface area contributed by atoms with Crippen molar-refractivity contribution in [3.05, 3.63) is 534 Å². The van der Waals surface area contributed by atoms with Crippen molar-refractivity contribution in [2.45, 2.75) is 0 Å². The van der Waals surface area contributed by atoms with Crippen LogP contribution in [0.4, 0.5) is 0 Å². The Hall–Kier alpha value is -18.1. The minimum absolute atomic E-state index is 1.14. The predicted molar refractivity (Wildman–Crippen MR) is 574 cm³/mol. The highest BCUT2D eigenvalue weighted by atomic mass is 15.0. The Labute approximate surface area is 788 Å². The number of rotatable bonds is 14. The van der Waals surface area contributed by atoms with Crippen molar-refractivity contribution in [2.24, 2.45) is 0 Å². The Balaban J connectivity index is 0.000000109. The maximum Gasteiger partial charge on any atom is 0.0542 e. The summed E-state index contributed by atoms with van der Waals surface area (Å²) in [5.41, 5.74) is 33.3. The van der Waals surface area contributed by atoms with Gasteiger partial charge in [-0.3, -0.25) is 0 Å². The van der Waals surface area contributed by atoms with Crippen molar-refractivity contribution in [2.75, 3.05) is 0 Å². The van der Waals surface area contributed by atoms with E-state index in [0.29, 0.717) is 0 Å². The number of aromatic nitrogens is 6. The van der Waals surface area contributed by atoms with Gasteiger partial charge in [-0.15, -0.1) is 0 Å². The van der Waals surface area contributed by atoms with Crippen molar-refractivity contribution in [1.82, 2.24) is 27.4 Å². The van der Waals surface area contributed by atoms with Gasteiger partial charge in [-0.05, 0) is 221 Å². The van der Waals surface area contributed by atoms with Gasteiger partial charge >= 0.3 is 0 Å². The molecule has 6 heterocycles. The molecule has 638 valence electrons. The molecule has 0 saturated carbocycles. The van der Waals surface area contributed by atoms with E-state index in [9.17, 15) is 0 Å². The van der Waals surface area contributed by atoms with E-state index in [4.69, 9.17) is 0 Å². The van der Waals surface area contributed by atoms with E-state index in [2.05, 4.69) is 561 Å². The van der Waals surface area contributed by atoms with Gasteiger partial charge < -0.3 is 27.4 Å². The molecular weight excluding hydrogens is 1650 g/mol. The van der Waals surface area contributed by atoms with Crippen LogP contribution in [0.15, 0.2) is 534 Å². The maximum atomic E-state index is 2.45. The zero-order valence-corrected chi connectivity index (χ0v) is 74.5. The highest BCUT2D eigenvalue weighted by Crippen LogP contribution is 2.46. The lowest BCUT2D eigenvalue weighted by atomic mass is 10.1. The zero-order valence-electron chi connectivity index (χ0n) is 74.5. The molecule has 0 fully saturated rings. The third kappa shape index (κ3) is 14.6. The molecule has 0 aliphatic heterocycles. The first-order valence-electron chi connectivity index (χ1n) is 46.7. The number of hydrogen-bond donors (Lipinski definition) is 0. The molecule has 0 amide bonds. The van der Waals surface area contributed by atoms with E-state index in [0.717, 1.165) is 22.7 Å². The lowest BCUT2D eigenvalue weighted by molar-refractivity contribution is 1.13. The topological polar surface area (TPSA) is 29.6 Å². The minimum Gasteiger partial charge on any atom is -0.309 e. The summed E-state index contributed by atoms with van der Waals surface area (Å²) in [6, 6.07) is 193. The van der Waals surface area contributed by atoms with Gasteiger partial charge in [-0.2, -0.15) is 0 Å². The summed E-state index contributed by atoms with van der Waals surface area (Å²) in [5, 5.41) is 17.2. The molecule has 27 rings (SSSR count). The van der Waals surface area contributed by atoms with Gasteiger partial charge in [0.2, 0.25) is 0 Å². The van der Waals surface area contributed by atoms with Gasteiger partial charge in [0.1, 0.15) is 0 Å². The fourth-order valence-electron chi connectivity index (χ4n) is 20.6. The lowest BCUT2D eigenvalue weighted by Crippen LogP contribution is -1.99. The normalized spacial score (nSPS) is 11.5. The molecule has 0 N–H and O–H groups in total. The Kier molecular flexibility index (Phi) is 20.2. The highest BCUT2D eigenvalue weighted by molar-refractivity contribution is 6.08. The van der Waals surface area contributed by atoms with Crippen LogP contribution >= 0.6 is 0 Å². The molecule has 136 heavy (non-hydrogen) atoms. The number of benzene rings is 21. The number of fused-ring (bicyclic) bond motifs is 10. The van der Waals surface area contributed by atoms with E-state index in [1.165, 1.54) is 210 Å². The summed E-state index contributed by atoms with van der Waals surface area (Å²) in [7, 11) is 0. The van der Waals surface area contributed by atoms with Gasteiger partial charge in [0.15, 0.2) is 0 Å². The van der Waals surface area contributed by atoms with Gasteiger partial charge in [0.05, 0.1) is 78.6 Å². The Morgan fingerprint density at radius 1 is 0.103 bits per heavy atom. The Morgan fingerprint density at radius 2 is 0.301 bits per heavy atom. The largest absolute Gasteiger partial charge is 0.309 e. The second-order valence-electron chi connectivity index (χ2n) is 35.2. The fourth-order valence-corrected chi connectivity index (χ4v) is 20.6. The molecular formula is C130H88N6. The van der Waals surface area contributed by atoms with Crippen LogP contribution in [0.2, 0.25) is 0 Å². The summed E-state index contributed by atoms with van der Waals surface area (Å²) in [6.07, 6.45) is 0. The average molecular weight is 1730 g/mol. The van der Waals surface area contributed by atoms with Crippen molar-refractivity contribution in [3.8, 4) is 124 Å². The summed E-state index contributed by atoms with van der Waals surface area (Å²) in [4.78, 5) is 0. The van der Waals surface area contributed by atoms with Gasteiger partial charge in [0.25, 0.3) is 0 Å². The minimum atomic E-state index is 1.14. The predicted octanol–water partition coefficient (Wildman–Crippen LogP) is 34.7. The van der Waals surface area contributed by atoms with E-state index in [-0.39, 0.29) is 0 Å². The van der Waals surface area contributed by atoms with Crippen molar-refractivity contribution < 1.29 is 0 Å². The number of hydrogen-bond acceptors (Lipinski definition) is 0. The van der Waals surface area contributed by atoms with E-state index in [1.807, 2.05) is 0 Å². The first-order valence-corrected chi connectivity index (χ1v) is 46.7. The van der Waals surface area contributed by atoms with Crippen molar-refractivity contribution in [3.63, 3.8) is 0 Å². The van der Waals surface area contributed by atoms with E-state index < -0.39 is 0 Å². The van der Waals surface area contributed by atoms with Crippen LogP contribution in [-0.4, -0.2) is 27.4 Å². The van der Waals surface area contributed by atoms with E-state index in [1.54, 1.807) is 0 Å². The smallest absolute Gasteiger partial charge is 0.0542 e. The molecule has 6 heteroatoms. The van der Waals surface area contributed by atoms with Crippen molar-refractivity contribution in [1.29, 1.82) is 0 Å². The summed E-state index contributed by atoms with van der Waals surface area (Å²) in [5.74, 6) is 0. The molecule has 0 aliphatic carbocycles. The monoisotopic (exact) mass is 1730 g/mol. The molecule has 27 aromatic rings. The van der Waals surface area contributed by atoms with Crippen LogP contribution in [0.5, 0.6) is 0 Å². The molecule has 0 spiro atoms. The Morgan fingerprint density at radius 3 is 0.581 bits per heavy atom. The second-order valence-corrected chi connectivity index (χ2v) is 35.2. The van der Waals surface area contributed by atoms with E-state index >= 15 is 0 Å². The molecule has 0 unspecified atom stereocenters. The summed E-state index contributed by atoms with van der Waals surface area (Å²) >= 11 is 0. The van der Waals surface area contributed by atoms with Crippen LogP contribution in [0, 0.1) is 0 Å². The van der Waals surface area contributed by atoms with Crippen LogP contribution in [0.1, 0.15) is 0 Å². The maximum absolute atomic E-state index is 2.45. The first-order chi connectivity index (χ1) is 67.4. The fraction of sp³-hybridized carbons (Fsp3) is 0. The van der Waals surface area contributed by atoms with Gasteiger partial charge in [-0.1, -0.05) is 400 Å². The molecule has 0 atom stereocenters. The zero-order chi connectivity index (χ0) is 89.9. The molecule has 0 bridgehead atoms. The molecule has 21 aromatic carbocycles. The first kappa shape index (κ1) is 80.0. The quantitative estimate of drug-likeness (QED) is 0.104. The third-order valence-electron chi connectivity index (χ3n) is 27.1. The molecule has 6 nitrogen and oxygen atoms in total. The SMILES string of the molecule is c1ccc(-c2cc3cc4c(cc(-c5ccccc5)n4-c4ccc5ccccc5c4)cc3n2-c2ccc3ccccc3c2)cc1.c1ccc(-c2cc3cc4c(cc(-c5ccccc5)n4-c4cccc5ccccc45)cc3n2-c2cccc3ccccc23)cc1.c1ccc(-c2ccc(-n3c(-c4ccccc4)cc4cc5c(cc(-c6ccccc6)n5-c5ccc(-c6ccccc6)cc5)cc43)cc2)cc1. The van der Waals surface area contributed by atoms with Crippen LogP contribution in [-0.2, 0) is 0 Å². The summed E-state index contributed by atoms with van der Waals surface area (Å²) < 4.78 is 14.6. The number of nitrogens with zero attached hydrogens (tertiary/aromatic N) is 6. The third-order valence-corrected chi connectivity index (χ3v) is 27.1. The standard InChI is InChI=1S/C46H32N2.2C42H28N2/c1-5-13-33(14-6-1)35-21-25-41(26-22-35)47-43(37-17-9-3-10-18-37)29-39-32-46-40(31-45(39)47)30-44(38-19-11-4-12-20-38)48(46)42-27-23-36(24-28-42)34-15-7-2-8-16-34;1-3-15-31(16-4-1)39-25-33-27-42-34(28-41(33)43(39)37-23-11-19-29-13-7-9-21-35(29)37)26-40(32-17-5-2-6-18-32)44(42)38-24-12-20-30-14-8-10-22-36(30)38;1-3-13-31(14-4-1)39-25-35-27-42-36(28-41(35)43(39)37-21-19-29-11-7-9-17-33(29)23-37)26-40(32-15-5-2-6-16-32)44(42)38-22-20-30-12-8-10-18-34(30)24-38/h1-32H;2*1-28H.